The van der Waals surface area contributed by atoms with Crippen molar-refractivity contribution in [1.29, 1.82) is 0 Å². The van der Waals surface area contributed by atoms with Gasteiger partial charge in [-0.2, -0.15) is 0 Å². The summed E-state index contributed by atoms with van der Waals surface area (Å²) in [5.41, 5.74) is 1.73. The van der Waals surface area contributed by atoms with E-state index in [2.05, 4.69) is 5.32 Å². The molecule has 2 N–H and O–H groups in total. The Morgan fingerprint density at radius 2 is 2.11 bits per heavy atom. The monoisotopic (exact) mass is 376 g/mol. The van der Waals surface area contributed by atoms with Crippen molar-refractivity contribution in [2.45, 2.75) is 39.4 Å². The minimum Gasteiger partial charge on any atom is -0.493 e. The number of hydrogen-bond acceptors (Lipinski definition) is 6. The van der Waals surface area contributed by atoms with Crippen LogP contribution in [0, 0.1) is 0 Å². The number of carbonyl (C=O) groups excluding carboxylic acids is 3. The first-order chi connectivity index (χ1) is 12.8. The van der Waals surface area contributed by atoms with E-state index in [1.54, 1.807) is 6.08 Å². The summed E-state index contributed by atoms with van der Waals surface area (Å²) in [6.45, 7) is 5.72. The Morgan fingerprint density at radius 3 is 2.78 bits per heavy atom. The van der Waals surface area contributed by atoms with Gasteiger partial charge < -0.3 is 19.5 Å². The summed E-state index contributed by atoms with van der Waals surface area (Å²) in [7, 11) is 1.37. The highest BCUT2D eigenvalue weighted by Crippen LogP contribution is 2.35. The molecule has 1 aromatic carbocycles. The molecule has 27 heavy (non-hydrogen) atoms. The van der Waals surface area contributed by atoms with Gasteiger partial charge in [0.15, 0.2) is 6.10 Å². The van der Waals surface area contributed by atoms with Crippen LogP contribution in [0.15, 0.2) is 18.2 Å². The van der Waals surface area contributed by atoms with Gasteiger partial charge in [0.25, 0.3) is 5.91 Å². The second kappa shape index (κ2) is 9.07. The highest BCUT2D eigenvalue weighted by atomic mass is 16.5. The number of esters is 1. The van der Waals surface area contributed by atoms with E-state index >= 15 is 0 Å². The van der Waals surface area contributed by atoms with Crippen molar-refractivity contribution in [3.63, 3.8) is 0 Å². The van der Waals surface area contributed by atoms with Crippen LogP contribution in [0.25, 0.3) is 6.08 Å². The first-order valence-corrected chi connectivity index (χ1v) is 8.71. The van der Waals surface area contributed by atoms with Crippen LogP contribution in [0.3, 0.4) is 0 Å². The van der Waals surface area contributed by atoms with Crippen molar-refractivity contribution in [3.05, 3.63) is 29.3 Å². The maximum absolute atomic E-state index is 12.0. The molecule has 0 spiro atoms. The Kier molecular flexibility index (Phi) is 6.81. The lowest BCUT2D eigenvalue weighted by atomic mass is 10.1. The molecular weight excluding hydrogens is 352 g/mol. The minimum absolute atomic E-state index is 0.0957. The van der Waals surface area contributed by atoms with Crippen molar-refractivity contribution in [1.82, 2.24) is 10.6 Å². The number of rotatable bonds is 6. The average Bonchev–Trinajstić information content (AvgIpc) is 2.98. The predicted molar refractivity (Wildman–Crippen MR) is 98.6 cm³/mol. The zero-order valence-corrected chi connectivity index (χ0v) is 15.8. The van der Waals surface area contributed by atoms with Crippen LogP contribution < -0.4 is 20.1 Å². The summed E-state index contributed by atoms with van der Waals surface area (Å²) in [6.07, 6.45) is 2.53. The predicted octanol–water partition coefficient (Wildman–Crippen LogP) is 1.81. The SMILES string of the molecule is CCOc1cc2c(cc1/C=C/C(=O)O[C@@H](C)C(=O)NC(=O)NC)O[C@@H](C)C2. The maximum Gasteiger partial charge on any atom is 0.331 e. The van der Waals surface area contributed by atoms with Crippen LogP contribution in [-0.4, -0.2) is 43.8 Å². The van der Waals surface area contributed by atoms with Crippen LogP contribution in [0.4, 0.5) is 4.79 Å². The topological polar surface area (TPSA) is 103 Å². The molecule has 8 nitrogen and oxygen atoms in total. The molecule has 8 heteroatoms. The molecule has 0 fully saturated rings. The number of carbonyl (C=O) groups is 3. The standard InChI is InChI=1S/C19H24N2O6/c1-5-25-15-10-14-8-11(2)26-16(14)9-13(15)6-7-17(22)27-12(3)18(23)21-19(24)20-4/h6-7,9-12H,5,8H2,1-4H3,(H2,20,21,23,24)/b7-6+/t11-,12-/m0/s1. The maximum atomic E-state index is 12.0. The summed E-state index contributed by atoms with van der Waals surface area (Å²) in [6, 6.07) is 3.05. The van der Waals surface area contributed by atoms with Gasteiger partial charge in [0.05, 0.1) is 6.61 Å². The Hall–Kier alpha value is -3.03. The van der Waals surface area contributed by atoms with E-state index in [4.69, 9.17) is 14.2 Å². The zero-order valence-electron chi connectivity index (χ0n) is 15.8. The zero-order chi connectivity index (χ0) is 20.0. The van der Waals surface area contributed by atoms with Crippen LogP contribution in [0.2, 0.25) is 0 Å². The number of imide groups is 1. The molecule has 1 aliphatic heterocycles. The summed E-state index contributed by atoms with van der Waals surface area (Å²) >= 11 is 0. The molecule has 0 aliphatic carbocycles. The first kappa shape index (κ1) is 20.3. The average molecular weight is 376 g/mol. The van der Waals surface area contributed by atoms with Gasteiger partial charge >= 0.3 is 12.0 Å². The smallest absolute Gasteiger partial charge is 0.331 e. The van der Waals surface area contributed by atoms with Crippen molar-refractivity contribution < 1.29 is 28.6 Å². The Morgan fingerprint density at radius 1 is 1.37 bits per heavy atom. The second-order valence-corrected chi connectivity index (χ2v) is 6.04. The van der Waals surface area contributed by atoms with Crippen molar-refractivity contribution in [2.24, 2.45) is 0 Å². The van der Waals surface area contributed by atoms with Gasteiger partial charge in [-0.1, -0.05) is 0 Å². The third kappa shape index (κ3) is 5.47. The normalized spacial score (nSPS) is 16.2. The quantitative estimate of drug-likeness (QED) is 0.580. The molecule has 0 radical (unpaired) electrons. The third-order valence-electron chi connectivity index (χ3n) is 3.85. The van der Waals surface area contributed by atoms with Gasteiger partial charge in [0, 0.05) is 30.7 Å². The molecule has 0 saturated carbocycles. The molecule has 2 rings (SSSR count). The summed E-state index contributed by atoms with van der Waals surface area (Å²) in [5.74, 6) is -0.0292. The highest BCUT2D eigenvalue weighted by molar-refractivity contribution is 5.98. The largest absolute Gasteiger partial charge is 0.493 e. The van der Waals surface area contributed by atoms with Gasteiger partial charge in [-0.25, -0.2) is 9.59 Å². The molecule has 0 aromatic heterocycles. The van der Waals surface area contributed by atoms with Crippen molar-refractivity contribution in [3.8, 4) is 11.5 Å². The van der Waals surface area contributed by atoms with Crippen molar-refractivity contribution in [2.75, 3.05) is 13.7 Å². The fourth-order valence-electron chi connectivity index (χ4n) is 2.57. The number of urea groups is 1. The highest BCUT2D eigenvalue weighted by Gasteiger charge is 2.22. The van der Waals surface area contributed by atoms with E-state index in [-0.39, 0.29) is 6.10 Å². The fraction of sp³-hybridized carbons (Fsp3) is 0.421. The summed E-state index contributed by atoms with van der Waals surface area (Å²) in [5, 5.41) is 4.28. The van der Waals surface area contributed by atoms with E-state index in [9.17, 15) is 14.4 Å². The number of fused-ring (bicyclic) bond motifs is 1. The molecule has 3 amide bonds. The number of hydrogen-bond donors (Lipinski definition) is 2. The van der Waals surface area contributed by atoms with E-state index < -0.39 is 24.0 Å². The number of nitrogens with one attached hydrogen (secondary N) is 2. The molecule has 0 bridgehead atoms. The molecule has 146 valence electrons. The number of benzene rings is 1. The van der Waals surface area contributed by atoms with E-state index in [1.165, 1.54) is 20.0 Å². The van der Waals surface area contributed by atoms with Gasteiger partial charge in [0.1, 0.15) is 17.6 Å². The minimum atomic E-state index is -1.12. The Labute approximate surface area is 157 Å². The number of amides is 3. The molecule has 1 aromatic rings. The molecular formula is C19H24N2O6. The van der Waals surface area contributed by atoms with Gasteiger partial charge in [-0.15, -0.1) is 0 Å². The molecule has 0 unspecified atom stereocenters. The lowest BCUT2D eigenvalue weighted by Gasteiger charge is -2.12. The van der Waals surface area contributed by atoms with E-state index in [0.717, 1.165) is 17.7 Å². The lowest BCUT2D eigenvalue weighted by Crippen LogP contribution is -2.43. The van der Waals surface area contributed by atoms with E-state index in [1.807, 2.05) is 31.3 Å². The van der Waals surface area contributed by atoms with E-state index in [0.29, 0.717) is 17.9 Å². The van der Waals surface area contributed by atoms with Crippen molar-refractivity contribution >= 4 is 24.0 Å². The fourth-order valence-corrected chi connectivity index (χ4v) is 2.57. The third-order valence-corrected chi connectivity index (χ3v) is 3.85. The van der Waals surface area contributed by atoms with Gasteiger partial charge in [-0.3, -0.25) is 10.1 Å². The van der Waals surface area contributed by atoms with Crippen LogP contribution in [-0.2, 0) is 20.7 Å². The van der Waals surface area contributed by atoms with Crippen LogP contribution in [0.1, 0.15) is 31.9 Å². The Bertz CT molecular complexity index is 759. The van der Waals surface area contributed by atoms with Gasteiger partial charge in [0.2, 0.25) is 0 Å². The van der Waals surface area contributed by atoms with Crippen LogP contribution in [0.5, 0.6) is 11.5 Å². The van der Waals surface area contributed by atoms with Gasteiger partial charge in [-0.05, 0) is 39.0 Å². The first-order valence-electron chi connectivity index (χ1n) is 8.71. The number of ether oxygens (including phenoxy) is 3. The molecule has 2 atom stereocenters. The summed E-state index contributed by atoms with van der Waals surface area (Å²) < 4.78 is 16.4. The van der Waals surface area contributed by atoms with Crippen LogP contribution >= 0.6 is 0 Å². The molecule has 0 saturated heterocycles. The Balaban J connectivity index is 2.06. The summed E-state index contributed by atoms with van der Waals surface area (Å²) in [4.78, 5) is 34.8. The molecule has 1 heterocycles. The second-order valence-electron chi connectivity index (χ2n) is 6.04. The molecule has 1 aliphatic rings. The lowest BCUT2D eigenvalue weighted by molar-refractivity contribution is -0.149.